The molecule has 2 aliphatic rings. The fraction of sp³-hybridized carbons (Fsp3) is 0.680. The molecule has 196 valence electrons. The van der Waals surface area contributed by atoms with Gasteiger partial charge in [-0.05, 0) is 45.6 Å². The molecule has 1 unspecified atom stereocenters. The number of nitrogens with one attached hydrogen (secondary N) is 1. The van der Waals surface area contributed by atoms with E-state index >= 15 is 0 Å². The minimum absolute atomic E-state index is 0.0863. The highest BCUT2D eigenvalue weighted by Gasteiger charge is 2.28. The standard InChI is InChI=1S/C25H40ClN5O4/c1-4-30(5-2)25(33)31-9-7-18(8-10-31)16-29-11-12-35-19(17-29)15-28-24(32)20-13-21(26)22(27)14-23(20)34-6-3/h13-14,18-19H,4-12,15-17,27H2,1-3H3,(H,28,32). The Hall–Kier alpha value is -2.23. The van der Waals surface area contributed by atoms with E-state index in [0.717, 1.165) is 58.7 Å². The third-order valence-electron chi connectivity index (χ3n) is 6.79. The highest BCUT2D eigenvalue weighted by Crippen LogP contribution is 2.29. The van der Waals surface area contributed by atoms with Crippen LogP contribution in [-0.2, 0) is 4.74 Å². The molecule has 1 atom stereocenters. The van der Waals surface area contributed by atoms with Crippen LogP contribution in [0.4, 0.5) is 10.5 Å². The number of piperidine rings is 1. The summed E-state index contributed by atoms with van der Waals surface area (Å²) in [6, 6.07) is 3.29. The van der Waals surface area contributed by atoms with Crippen LogP contribution in [0.25, 0.3) is 0 Å². The predicted molar refractivity (Wildman–Crippen MR) is 138 cm³/mol. The molecule has 0 saturated carbocycles. The maximum atomic E-state index is 12.8. The number of urea groups is 1. The van der Waals surface area contributed by atoms with E-state index in [1.54, 1.807) is 12.1 Å². The van der Waals surface area contributed by atoms with E-state index in [1.807, 2.05) is 30.6 Å². The summed E-state index contributed by atoms with van der Waals surface area (Å²) >= 11 is 6.13. The Kier molecular flexibility index (Phi) is 10.3. The highest BCUT2D eigenvalue weighted by atomic mass is 35.5. The van der Waals surface area contributed by atoms with E-state index in [1.165, 1.54) is 0 Å². The Morgan fingerprint density at radius 2 is 1.91 bits per heavy atom. The molecule has 0 spiro atoms. The number of amides is 3. The van der Waals surface area contributed by atoms with Gasteiger partial charge in [-0.1, -0.05) is 11.6 Å². The van der Waals surface area contributed by atoms with Gasteiger partial charge in [0.25, 0.3) is 5.91 Å². The first kappa shape index (κ1) is 27.4. The van der Waals surface area contributed by atoms with Gasteiger partial charge in [-0.3, -0.25) is 9.69 Å². The van der Waals surface area contributed by atoms with Crippen LogP contribution in [0.5, 0.6) is 5.75 Å². The van der Waals surface area contributed by atoms with Crippen molar-refractivity contribution in [3.8, 4) is 5.75 Å². The molecule has 1 aromatic carbocycles. The van der Waals surface area contributed by atoms with Crippen molar-refractivity contribution >= 4 is 29.2 Å². The van der Waals surface area contributed by atoms with Gasteiger partial charge in [-0.15, -0.1) is 0 Å². The minimum atomic E-state index is -0.263. The van der Waals surface area contributed by atoms with Crippen LogP contribution in [0, 0.1) is 5.92 Å². The second-order valence-electron chi connectivity index (χ2n) is 9.15. The summed E-state index contributed by atoms with van der Waals surface area (Å²) in [6.07, 6.45) is 1.95. The molecule has 0 radical (unpaired) electrons. The summed E-state index contributed by atoms with van der Waals surface area (Å²) in [6.45, 7) is 13.1. The van der Waals surface area contributed by atoms with Crippen LogP contribution < -0.4 is 15.8 Å². The van der Waals surface area contributed by atoms with E-state index in [2.05, 4.69) is 10.2 Å². The Morgan fingerprint density at radius 1 is 1.20 bits per heavy atom. The molecule has 0 aromatic heterocycles. The molecule has 3 amide bonds. The molecule has 0 aliphatic carbocycles. The zero-order valence-electron chi connectivity index (χ0n) is 21.2. The van der Waals surface area contributed by atoms with Gasteiger partial charge >= 0.3 is 6.03 Å². The summed E-state index contributed by atoms with van der Waals surface area (Å²) in [5, 5.41) is 3.28. The molecule has 10 heteroatoms. The normalized spacial score (nSPS) is 19.4. The molecule has 2 heterocycles. The largest absolute Gasteiger partial charge is 0.493 e. The first-order valence-electron chi connectivity index (χ1n) is 12.7. The van der Waals surface area contributed by atoms with Crippen LogP contribution in [0.15, 0.2) is 12.1 Å². The minimum Gasteiger partial charge on any atom is -0.493 e. The second kappa shape index (κ2) is 13.2. The fourth-order valence-corrected chi connectivity index (χ4v) is 4.92. The number of likely N-dealkylation sites (tertiary alicyclic amines) is 1. The number of hydrogen-bond donors (Lipinski definition) is 2. The number of nitrogen functional groups attached to an aromatic ring is 1. The fourth-order valence-electron chi connectivity index (χ4n) is 4.76. The topological polar surface area (TPSA) is 100 Å². The third-order valence-corrected chi connectivity index (χ3v) is 7.12. The molecule has 2 saturated heterocycles. The molecule has 0 bridgehead atoms. The maximum Gasteiger partial charge on any atom is 0.319 e. The van der Waals surface area contributed by atoms with Crippen molar-refractivity contribution < 1.29 is 19.1 Å². The molecule has 35 heavy (non-hydrogen) atoms. The van der Waals surface area contributed by atoms with Crippen molar-refractivity contribution in [1.82, 2.24) is 20.0 Å². The van der Waals surface area contributed by atoms with E-state index in [9.17, 15) is 9.59 Å². The summed E-state index contributed by atoms with van der Waals surface area (Å²) in [7, 11) is 0. The monoisotopic (exact) mass is 509 g/mol. The highest BCUT2D eigenvalue weighted by molar-refractivity contribution is 6.33. The van der Waals surface area contributed by atoms with Crippen molar-refractivity contribution in [2.75, 3.05) is 71.3 Å². The number of ether oxygens (including phenoxy) is 2. The Balaban J connectivity index is 1.46. The first-order valence-corrected chi connectivity index (χ1v) is 13.1. The zero-order chi connectivity index (χ0) is 25.4. The number of halogens is 1. The summed E-state index contributed by atoms with van der Waals surface area (Å²) in [5.74, 6) is 0.722. The summed E-state index contributed by atoms with van der Waals surface area (Å²) in [5.41, 5.74) is 6.60. The van der Waals surface area contributed by atoms with Crippen LogP contribution >= 0.6 is 11.6 Å². The number of carbonyl (C=O) groups excluding carboxylic acids is 2. The van der Waals surface area contributed by atoms with E-state index in [-0.39, 0.29) is 18.0 Å². The Morgan fingerprint density at radius 3 is 2.57 bits per heavy atom. The van der Waals surface area contributed by atoms with Crippen molar-refractivity contribution in [3.05, 3.63) is 22.7 Å². The molecular weight excluding hydrogens is 470 g/mol. The molecule has 2 fully saturated rings. The van der Waals surface area contributed by atoms with E-state index < -0.39 is 0 Å². The maximum absolute atomic E-state index is 12.8. The number of nitrogens with zero attached hydrogens (tertiary/aromatic N) is 3. The van der Waals surface area contributed by atoms with Crippen molar-refractivity contribution in [1.29, 1.82) is 0 Å². The summed E-state index contributed by atoms with van der Waals surface area (Å²) < 4.78 is 11.5. The molecule has 2 aliphatic heterocycles. The molecule has 1 aromatic rings. The lowest BCUT2D eigenvalue weighted by molar-refractivity contribution is -0.0332. The van der Waals surface area contributed by atoms with Gasteiger partial charge in [-0.25, -0.2) is 4.79 Å². The lowest BCUT2D eigenvalue weighted by Gasteiger charge is -2.39. The number of morpholine rings is 1. The van der Waals surface area contributed by atoms with Gasteiger partial charge in [0.2, 0.25) is 0 Å². The SMILES string of the molecule is CCOc1cc(N)c(Cl)cc1C(=O)NCC1CN(CC2CCN(C(=O)N(CC)CC)CC2)CCO1. The van der Waals surface area contributed by atoms with Gasteiger partial charge in [0, 0.05) is 58.4 Å². The average molecular weight is 510 g/mol. The lowest BCUT2D eigenvalue weighted by Crippen LogP contribution is -2.51. The molecular formula is C25H40ClN5O4. The smallest absolute Gasteiger partial charge is 0.319 e. The van der Waals surface area contributed by atoms with Gasteiger partial charge in [0.05, 0.1) is 35.6 Å². The van der Waals surface area contributed by atoms with Crippen LogP contribution in [0.3, 0.4) is 0 Å². The van der Waals surface area contributed by atoms with Gasteiger partial charge < -0.3 is 30.3 Å². The van der Waals surface area contributed by atoms with Crippen molar-refractivity contribution in [2.24, 2.45) is 5.92 Å². The number of benzene rings is 1. The van der Waals surface area contributed by atoms with E-state index in [4.69, 9.17) is 26.8 Å². The third kappa shape index (κ3) is 7.38. The average Bonchev–Trinajstić information content (AvgIpc) is 2.86. The first-order chi connectivity index (χ1) is 16.9. The Labute approximate surface area is 213 Å². The number of nitrogens with two attached hydrogens (primary N) is 1. The van der Waals surface area contributed by atoms with Crippen LogP contribution in [0.1, 0.15) is 44.0 Å². The van der Waals surface area contributed by atoms with Crippen LogP contribution in [0.2, 0.25) is 5.02 Å². The number of hydrogen-bond acceptors (Lipinski definition) is 6. The molecule has 3 rings (SSSR count). The molecule has 9 nitrogen and oxygen atoms in total. The quantitative estimate of drug-likeness (QED) is 0.496. The van der Waals surface area contributed by atoms with E-state index in [0.29, 0.717) is 47.7 Å². The van der Waals surface area contributed by atoms with Gasteiger partial charge in [0.1, 0.15) is 5.75 Å². The summed E-state index contributed by atoms with van der Waals surface area (Å²) in [4.78, 5) is 31.7. The second-order valence-corrected chi connectivity index (χ2v) is 9.56. The van der Waals surface area contributed by atoms with Crippen molar-refractivity contribution in [2.45, 2.75) is 39.7 Å². The zero-order valence-corrected chi connectivity index (χ0v) is 22.0. The Bertz CT molecular complexity index is 859. The number of rotatable bonds is 9. The van der Waals surface area contributed by atoms with Gasteiger partial charge in [-0.2, -0.15) is 0 Å². The van der Waals surface area contributed by atoms with Crippen molar-refractivity contribution in [3.63, 3.8) is 0 Å². The van der Waals surface area contributed by atoms with Crippen LogP contribution in [-0.4, -0.2) is 98.3 Å². The number of anilines is 1. The molecule has 3 N–H and O–H groups in total. The lowest BCUT2D eigenvalue weighted by atomic mass is 9.96. The van der Waals surface area contributed by atoms with Gasteiger partial charge in [0.15, 0.2) is 0 Å². The number of carbonyl (C=O) groups is 2. The predicted octanol–water partition coefficient (Wildman–Crippen LogP) is 2.93.